The van der Waals surface area contributed by atoms with Crippen molar-refractivity contribution in [1.82, 2.24) is 20.6 Å². The fourth-order valence-electron chi connectivity index (χ4n) is 17.1. The van der Waals surface area contributed by atoms with Crippen LogP contribution in [0.1, 0.15) is 232 Å². The standard InChI is InChI=1S/2C42H55N5O5/c1-9-12-13-14-17-43-41-38-39-28(15-16-35(49)51-18-10-2)23(5)30(46-39)19-31-24(6)36(26(8)48)34(45-31)21-29-22(4)27(11-3)33(44-29)20-32-25(7)37(40(38)47-32)42(50)52-41;1-9-12-13-14-17-43-41-37-25(7)32-20-33-27(11-3)22(4)29(44-33)21-34-36(26(8)48)24(6)31(45-34)19-30-23(5)28(15-16-35(49)51-18-10-2)39(46-30)38(40(37)47-32)42(50)52-41/h2*19-23,27-28,37,40,45,47H,9-18H2,1-8H3/b2*31-19-,33-20-,34-21-,39-38+,43-41?/t2*22-,23+,27-,28+,37?,40?/m11/s1. The molecule has 0 aromatic carbocycles. The largest absolute Gasteiger partial charge is 0.466 e. The maximum atomic E-state index is 14.3. The van der Waals surface area contributed by atoms with E-state index in [0.717, 1.165) is 178 Å². The average Bonchev–Trinajstić information content (AvgIpc) is 1.58. The number of allylic oxidation sites excluding steroid dienone is 6. The average molecular weight is 1420 g/mol. The van der Waals surface area contributed by atoms with E-state index in [0.29, 0.717) is 73.3 Å². The monoisotopic (exact) mass is 1420 g/mol. The van der Waals surface area contributed by atoms with Gasteiger partial charge in [0, 0.05) is 141 Å². The number of Topliss-reactive ketones (excluding diaryl/α,β-unsaturated/α-hetero) is 2. The summed E-state index contributed by atoms with van der Waals surface area (Å²) in [4.78, 5) is 118. The molecule has 0 spiro atoms. The Bertz CT molecular complexity index is 4470. The molecule has 2 aromatic heterocycles. The minimum atomic E-state index is -0.558. The topological polar surface area (TPSA) is 269 Å². The van der Waals surface area contributed by atoms with Gasteiger partial charge >= 0.3 is 23.9 Å². The molecule has 0 saturated carbocycles. The van der Waals surface area contributed by atoms with Crippen molar-refractivity contribution in [1.29, 1.82) is 0 Å². The van der Waals surface area contributed by atoms with Gasteiger partial charge in [0.1, 0.15) is 5.92 Å². The number of hydrogen-bond acceptors (Lipinski definition) is 18. The van der Waals surface area contributed by atoms with E-state index >= 15 is 0 Å². The number of fused-ring (bicyclic) bond motifs is 10. The van der Waals surface area contributed by atoms with Crippen LogP contribution in [0, 0.1) is 73.0 Å². The molecule has 0 aliphatic carbocycles. The SMILES string of the molecule is CCCCCCN=C1OC(=O)/C2=C3N=C(/C=c4\[nH]/c(c(C(C)=O)c4C)=C\C4=NC(=C\C5=C(C)C1C2N5)/[C@H](CC)[C@H]4C)[C@@H](C)[C@@H]/3CCC(=O)OCCC.CCCCCCN=C1OC(=O)C2C(C)=C3/C=C4N=C(/C=c5\[nH]/c(c(C)c5C(C)=O)=C\C5=NC(=C/1C2N3)/[C@@H](CCC(=O)OCCC)[C@@H]5C)[C@H](C)[C@H]\4CC. The molecule has 4 unspecified atom stereocenters. The summed E-state index contributed by atoms with van der Waals surface area (Å²) in [6, 6.07) is -0.875. The number of H-pyrrole nitrogens is 2. The number of carbonyl (C=O) groups excluding carboxylic acids is 6. The third-order valence-corrected chi connectivity index (χ3v) is 23.1. The minimum absolute atomic E-state index is 0.0172. The lowest BCUT2D eigenvalue weighted by atomic mass is 9.81. The maximum absolute atomic E-state index is 14.3. The number of carbonyl (C=O) groups is 6. The number of unbranched alkanes of at least 4 members (excludes halogenated alkanes) is 6. The first-order valence-electron chi connectivity index (χ1n) is 38.9. The highest BCUT2D eigenvalue weighted by Crippen LogP contribution is 2.47. The number of aliphatic imine (C=N–C) groups is 6. The van der Waals surface area contributed by atoms with E-state index in [1.807, 2.05) is 58.9 Å². The van der Waals surface area contributed by atoms with Crippen molar-refractivity contribution < 1.29 is 47.7 Å². The summed E-state index contributed by atoms with van der Waals surface area (Å²) < 4.78 is 23.3. The van der Waals surface area contributed by atoms with Gasteiger partial charge in [-0.3, -0.25) is 53.9 Å². The Kier molecular flexibility index (Phi) is 24.4. The Hall–Kier alpha value is -8.68. The highest BCUT2D eigenvalue weighted by Gasteiger charge is 2.52. The molecular formula is C84H110N10O10. The molecule has 20 heteroatoms. The Morgan fingerprint density at radius 2 is 0.913 bits per heavy atom. The molecule has 556 valence electrons. The Morgan fingerprint density at radius 3 is 1.37 bits per heavy atom. The third kappa shape index (κ3) is 15.4. The molecule has 0 amide bonds. The third-order valence-electron chi connectivity index (χ3n) is 23.1. The maximum Gasteiger partial charge on any atom is 0.344 e. The first kappa shape index (κ1) is 76.4. The zero-order valence-electron chi connectivity index (χ0n) is 64.3. The van der Waals surface area contributed by atoms with Gasteiger partial charge in [-0.1, -0.05) is 108 Å². The van der Waals surface area contributed by atoms with Crippen LogP contribution >= 0.6 is 0 Å². The molecular weight excluding hydrogens is 1310 g/mol. The van der Waals surface area contributed by atoms with Crippen LogP contribution in [0.3, 0.4) is 0 Å². The highest BCUT2D eigenvalue weighted by molar-refractivity contribution is 6.18. The first-order valence-corrected chi connectivity index (χ1v) is 38.9. The van der Waals surface area contributed by atoms with Crippen molar-refractivity contribution in [2.75, 3.05) is 26.3 Å². The number of esters is 4. The zero-order chi connectivity index (χ0) is 74.5. The van der Waals surface area contributed by atoms with Crippen LogP contribution < -0.4 is 32.0 Å². The van der Waals surface area contributed by atoms with Crippen LogP contribution in [0.15, 0.2) is 98.6 Å². The lowest BCUT2D eigenvalue weighted by molar-refractivity contribution is -0.144. The van der Waals surface area contributed by atoms with Crippen LogP contribution in [-0.2, 0) is 38.1 Å². The molecule has 12 heterocycles. The fourth-order valence-corrected chi connectivity index (χ4v) is 17.1. The molecule has 104 heavy (non-hydrogen) atoms. The van der Waals surface area contributed by atoms with Crippen LogP contribution in [0.4, 0.5) is 0 Å². The predicted molar refractivity (Wildman–Crippen MR) is 411 cm³/mol. The van der Waals surface area contributed by atoms with Crippen LogP contribution in [0.25, 0.3) is 24.3 Å². The second kappa shape index (κ2) is 33.2. The summed E-state index contributed by atoms with van der Waals surface area (Å²) in [5.41, 5.74) is 14.7. The van der Waals surface area contributed by atoms with Crippen LogP contribution in [0.5, 0.6) is 0 Å². The van der Waals surface area contributed by atoms with Crippen LogP contribution in [0.2, 0.25) is 0 Å². The molecule has 10 aliphatic heterocycles. The van der Waals surface area contributed by atoms with Gasteiger partial charge in [0.15, 0.2) is 11.6 Å². The van der Waals surface area contributed by atoms with Crippen molar-refractivity contribution in [3.8, 4) is 0 Å². The van der Waals surface area contributed by atoms with E-state index in [4.69, 9.17) is 48.9 Å². The Labute approximate surface area is 613 Å². The summed E-state index contributed by atoms with van der Waals surface area (Å²) in [6.45, 7) is 34.4. The van der Waals surface area contributed by atoms with Crippen LogP contribution in [-0.4, -0.2) is 118 Å². The molecule has 2 saturated heterocycles. The zero-order valence-corrected chi connectivity index (χ0v) is 64.3. The summed E-state index contributed by atoms with van der Waals surface area (Å²) in [5.74, 6) is -1.41. The summed E-state index contributed by atoms with van der Waals surface area (Å²) in [5, 5.41) is 10.6. The lowest BCUT2D eigenvalue weighted by Crippen LogP contribution is -2.46. The summed E-state index contributed by atoms with van der Waals surface area (Å²) in [6.07, 6.45) is 25.5. The molecule has 0 radical (unpaired) electrons. The van der Waals surface area contributed by atoms with E-state index in [1.165, 1.54) is 0 Å². The van der Waals surface area contributed by atoms with Gasteiger partial charge in [0.05, 0.1) is 64.5 Å². The minimum Gasteiger partial charge on any atom is -0.466 e. The molecule has 16 bridgehead atoms. The summed E-state index contributed by atoms with van der Waals surface area (Å²) in [7, 11) is 0. The second-order valence-corrected chi connectivity index (χ2v) is 30.1. The number of cyclic esters (lactones) is 2. The normalized spacial score (nSPS) is 30.8. The molecule has 10 aliphatic rings. The first-order chi connectivity index (χ1) is 50.0. The number of ether oxygens (including phenoxy) is 4. The van der Waals surface area contributed by atoms with Gasteiger partial charge in [-0.25, -0.2) is 4.79 Å². The lowest BCUT2D eigenvalue weighted by Gasteiger charge is -2.31. The highest BCUT2D eigenvalue weighted by atomic mass is 16.6. The smallest absolute Gasteiger partial charge is 0.344 e. The quantitative estimate of drug-likeness (QED) is 0.0331. The van der Waals surface area contributed by atoms with Gasteiger partial charge in [-0.2, -0.15) is 0 Å². The van der Waals surface area contributed by atoms with Gasteiger partial charge in [-0.15, -0.1) is 0 Å². The molecule has 20 nitrogen and oxygen atoms in total. The molecule has 4 N–H and O–H groups in total. The van der Waals surface area contributed by atoms with Gasteiger partial charge in [0.2, 0.25) is 11.8 Å². The van der Waals surface area contributed by atoms with E-state index in [1.54, 1.807) is 13.8 Å². The Balaban J connectivity index is 0.000000208. The number of rotatable bonds is 24. The summed E-state index contributed by atoms with van der Waals surface area (Å²) >= 11 is 0. The van der Waals surface area contributed by atoms with Gasteiger partial charge < -0.3 is 39.5 Å². The Morgan fingerprint density at radius 1 is 0.490 bits per heavy atom. The van der Waals surface area contributed by atoms with Crippen molar-refractivity contribution in [2.24, 2.45) is 89.1 Å². The number of aromatic amines is 2. The van der Waals surface area contributed by atoms with E-state index in [9.17, 15) is 28.8 Å². The number of hydrogen-bond donors (Lipinski definition) is 4. The van der Waals surface area contributed by atoms with Gasteiger partial charge in [0.25, 0.3) is 0 Å². The van der Waals surface area contributed by atoms with E-state index in [2.05, 4.69) is 95.1 Å². The molecule has 2 aromatic rings. The van der Waals surface area contributed by atoms with Gasteiger partial charge in [-0.05, 0) is 152 Å². The number of aromatic nitrogens is 2. The van der Waals surface area contributed by atoms with Crippen molar-refractivity contribution in [3.05, 3.63) is 112 Å². The number of nitrogens with one attached hydrogen (secondary N) is 4. The van der Waals surface area contributed by atoms with Crippen molar-refractivity contribution >= 4 is 94.4 Å². The van der Waals surface area contributed by atoms with E-state index < -0.39 is 24.0 Å². The molecule has 2 fully saturated rings. The fraction of sp³-hybridized carbons (Fsp3) is 0.571. The van der Waals surface area contributed by atoms with Crippen molar-refractivity contribution in [2.45, 2.75) is 226 Å². The molecule has 12 atom stereocenters. The van der Waals surface area contributed by atoms with Crippen molar-refractivity contribution in [3.63, 3.8) is 0 Å². The second-order valence-electron chi connectivity index (χ2n) is 30.1. The predicted octanol–water partition coefficient (Wildman–Crippen LogP) is 12.4. The number of ketones is 2. The molecule has 12 rings (SSSR count). The number of nitrogens with zero attached hydrogens (tertiary/aromatic N) is 6. The van der Waals surface area contributed by atoms with E-state index in [-0.39, 0.29) is 95.6 Å².